The third-order valence-corrected chi connectivity index (χ3v) is 3.54. The van der Waals surface area contributed by atoms with Crippen LogP contribution in [0.15, 0.2) is 42.5 Å². The molecule has 0 atom stereocenters. The van der Waals surface area contributed by atoms with E-state index in [0.717, 1.165) is 28.1 Å². The molecule has 3 rings (SSSR count). The van der Waals surface area contributed by atoms with Gasteiger partial charge in [-0.1, -0.05) is 12.1 Å². The monoisotopic (exact) mass is 269 g/mol. The first kappa shape index (κ1) is 12.7. The third-order valence-electron chi connectivity index (χ3n) is 3.54. The number of imidazole rings is 1. The molecule has 0 amide bonds. The van der Waals surface area contributed by atoms with E-state index in [1.165, 1.54) is 12.1 Å². The van der Waals surface area contributed by atoms with Gasteiger partial charge in [-0.15, -0.1) is 0 Å². The van der Waals surface area contributed by atoms with Gasteiger partial charge in [-0.2, -0.15) is 0 Å². The largest absolute Gasteiger partial charge is 0.388 e. The van der Waals surface area contributed by atoms with Gasteiger partial charge in [-0.05, 0) is 35.9 Å². The molecule has 0 unspecified atom stereocenters. The van der Waals surface area contributed by atoms with Crippen molar-refractivity contribution in [3.63, 3.8) is 0 Å². The van der Waals surface area contributed by atoms with Crippen molar-refractivity contribution in [2.45, 2.75) is 6.42 Å². The van der Waals surface area contributed by atoms with Crippen LogP contribution in [-0.2, 0) is 13.5 Å². The van der Waals surface area contributed by atoms with Gasteiger partial charge in [0.25, 0.3) is 0 Å². The lowest BCUT2D eigenvalue weighted by Gasteiger charge is -2.03. The second kappa shape index (κ2) is 4.96. The number of hydrogen-bond acceptors (Lipinski definition) is 2. The number of fused-ring (bicyclic) bond motifs is 1. The molecule has 2 aromatic carbocycles. The molecule has 1 heterocycles. The van der Waals surface area contributed by atoms with Gasteiger partial charge in [0.05, 0.1) is 11.0 Å². The van der Waals surface area contributed by atoms with Crippen LogP contribution in [0.1, 0.15) is 11.4 Å². The molecule has 20 heavy (non-hydrogen) atoms. The number of nitrogens with zero attached hydrogens (tertiary/aromatic N) is 2. The Bertz CT molecular complexity index is 744. The molecule has 0 bridgehead atoms. The van der Waals surface area contributed by atoms with E-state index in [1.807, 2.05) is 26.2 Å². The molecule has 1 N–H and O–H groups in total. The van der Waals surface area contributed by atoms with Gasteiger partial charge in [0.1, 0.15) is 11.6 Å². The first-order chi connectivity index (χ1) is 9.67. The first-order valence-electron chi connectivity index (χ1n) is 6.55. The fourth-order valence-corrected chi connectivity index (χ4v) is 2.35. The van der Waals surface area contributed by atoms with Gasteiger partial charge in [-0.25, -0.2) is 9.37 Å². The lowest BCUT2D eigenvalue weighted by Crippen LogP contribution is -1.99. The zero-order valence-corrected chi connectivity index (χ0v) is 11.5. The Hall–Kier alpha value is -2.36. The van der Waals surface area contributed by atoms with Gasteiger partial charge in [0.15, 0.2) is 0 Å². The quantitative estimate of drug-likeness (QED) is 0.790. The van der Waals surface area contributed by atoms with E-state index in [-0.39, 0.29) is 5.82 Å². The Labute approximate surface area is 117 Å². The minimum Gasteiger partial charge on any atom is -0.388 e. The summed E-state index contributed by atoms with van der Waals surface area (Å²) in [5, 5.41) is 3.11. The molecule has 4 heteroatoms. The number of aromatic nitrogens is 2. The van der Waals surface area contributed by atoms with E-state index in [1.54, 1.807) is 12.1 Å². The minimum atomic E-state index is -0.211. The standard InChI is InChI=1S/C16H16FN3/c1-18-13-7-8-15-14(10-13)19-16(20(15)2)9-11-3-5-12(17)6-4-11/h3-8,10,18H,9H2,1-2H3. The fraction of sp³-hybridized carbons (Fsp3) is 0.188. The van der Waals surface area contributed by atoms with Gasteiger partial charge < -0.3 is 9.88 Å². The number of anilines is 1. The number of rotatable bonds is 3. The van der Waals surface area contributed by atoms with E-state index < -0.39 is 0 Å². The van der Waals surface area contributed by atoms with Crippen LogP contribution in [0, 0.1) is 5.82 Å². The molecule has 3 nitrogen and oxygen atoms in total. The molecule has 1 aromatic heterocycles. The fourth-order valence-electron chi connectivity index (χ4n) is 2.35. The first-order valence-corrected chi connectivity index (χ1v) is 6.55. The summed E-state index contributed by atoms with van der Waals surface area (Å²) in [5.74, 6) is 0.761. The van der Waals surface area contributed by atoms with E-state index >= 15 is 0 Å². The molecule has 0 saturated heterocycles. The van der Waals surface area contributed by atoms with E-state index in [9.17, 15) is 4.39 Å². The SMILES string of the molecule is CNc1ccc2c(c1)nc(Cc1ccc(F)cc1)n2C. The average Bonchev–Trinajstić information content (AvgIpc) is 2.77. The summed E-state index contributed by atoms with van der Waals surface area (Å²) in [5.41, 5.74) is 4.17. The van der Waals surface area contributed by atoms with Crippen molar-refractivity contribution >= 4 is 16.7 Å². The summed E-state index contributed by atoms with van der Waals surface area (Å²) in [6.07, 6.45) is 0.695. The molecule has 0 aliphatic carbocycles. The Morgan fingerprint density at radius 3 is 2.60 bits per heavy atom. The molecule has 0 saturated carbocycles. The Morgan fingerprint density at radius 1 is 1.15 bits per heavy atom. The van der Waals surface area contributed by atoms with Gasteiger partial charge in [0.2, 0.25) is 0 Å². The minimum absolute atomic E-state index is 0.211. The Morgan fingerprint density at radius 2 is 1.90 bits per heavy atom. The van der Waals surface area contributed by atoms with E-state index in [0.29, 0.717) is 6.42 Å². The van der Waals surface area contributed by atoms with Gasteiger partial charge in [0, 0.05) is 26.2 Å². The topological polar surface area (TPSA) is 29.9 Å². The number of hydrogen-bond donors (Lipinski definition) is 1. The summed E-state index contributed by atoms with van der Waals surface area (Å²) in [6, 6.07) is 12.7. The second-order valence-corrected chi connectivity index (χ2v) is 4.84. The maximum Gasteiger partial charge on any atom is 0.123 e. The van der Waals surface area contributed by atoms with Gasteiger partial charge >= 0.3 is 0 Å². The highest BCUT2D eigenvalue weighted by atomic mass is 19.1. The lowest BCUT2D eigenvalue weighted by atomic mass is 10.1. The van der Waals surface area contributed by atoms with Crippen LogP contribution < -0.4 is 5.32 Å². The van der Waals surface area contributed by atoms with Crippen LogP contribution in [0.2, 0.25) is 0 Å². The molecule has 3 aromatic rings. The maximum absolute atomic E-state index is 12.9. The van der Waals surface area contributed by atoms with Crippen LogP contribution in [0.25, 0.3) is 11.0 Å². The summed E-state index contributed by atoms with van der Waals surface area (Å²) in [6.45, 7) is 0. The Balaban J connectivity index is 1.99. The molecule has 0 aliphatic rings. The highest BCUT2D eigenvalue weighted by Gasteiger charge is 2.09. The molecule has 102 valence electrons. The van der Waals surface area contributed by atoms with E-state index in [4.69, 9.17) is 0 Å². The van der Waals surface area contributed by atoms with Crippen molar-refractivity contribution < 1.29 is 4.39 Å². The molecule has 0 radical (unpaired) electrons. The van der Waals surface area contributed by atoms with Crippen LogP contribution in [0.3, 0.4) is 0 Å². The summed E-state index contributed by atoms with van der Waals surface area (Å²) in [7, 11) is 3.90. The predicted molar refractivity (Wildman–Crippen MR) is 79.5 cm³/mol. The van der Waals surface area contributed by atoms with Crippen molar-refractivity contribution in [3.8, 4) is 0 Å². The average molecular weight is 269 g/mol. The molecule has 0 fully saturated rings. The normalized spacial score (nSPS) is 10.9. The Kier molecular flexibility index (Phi) is 3.14. The van der Waals surface area contributed by atoms with Crippen molar-refractivity contribution in [2.75, 3.05) is 12.4 Å². The highest BCUT2D eigenvalue weighted by Crippen LogP contribution is 2.21. The van der Waals surface area contributed by atoms with Crippen molar-refractivity contribution in [1.29, 1.82) is 0 Å². The van der Waals surface area contributed by atoms with Crippen molar-refractivity contribution in [3.05, 3.63) is 59.7 Å². The summed E-state index contributed by atoms with van der Waals surface area (Å²) >= 11 is 0. The number of halogens is 1. The zero-order valence-electron chi connectivity index (χ0n) is 11.5. The summed E-state index contributed by atoms with van der Waals surface area (Å²) < 4.78 is 15.0. The lowest BCUT2D eigenvalue weighted by molar-refractivity contribution is 0.627. The van der Waals surface area contributed by atoms with E-state index in [2.05, 4.69) is 20.9 Å². The second-order valence-electron chi connectivity index (χ2n) is 4.84. The third kappa shape index (κ3) is 2.25. The molecule has 0 aliphatic heterocycles. The van der Waals surface area contributed by atoms with Crippen LogP contribution in [0.4, 0.5) is 10.1 Å². The van der Waals surface area contributed by atoms with Crippen LogP contribution in [-0.4, -0.2) is 16.6 Å². The highest BCUT2D eigenvalue weighted by molar-refractivity contribution is 5.80. The number of benzene rings is 2. The van der Waals surface area contributed by atoms with Crippen molar-refractivity contribution in [2.24, 2.45) is 7.05 Å². The smallest absolute Gasteiger partial charge is 0.123 e. The van der Waals surface area contributed by atoms with Crippen molar-refractivity contribution in [1.82, 2.24) is 9.55 Å². The summed E-state index contributed by atoms with van der Waals surface area (Å²) in [4.78, 5) is 4.67. The predicted octanol–water partition coefficient (Wildman–Crippen LogP) is 3.34. The molecule has 0 spiro atoms. The molecular weight excluding hydrogens is 253 g/mol. The van der Waals surface area contributed by atoms with Gasteiger partial charge in [-0.3, -0.25) is 0 Å². The number of nitrogens with one attached hydrogen (secondary N) is 1. The zero-order chi connectivity index (χ0) is 14.1. The van der Waals surface area contributed by atoms with Crippen LogP contribution in [0.5, 0.6) is 0 Å². The molecular formula is C16H16FN3. The maximum atomic E-state index is 12.9. The number of aryl methyl sites for hydroxylation is 1. The van der Waals surface area contributed by atoms with Crippen LogP contribution >= 0.6 is 0 Å².